The summed E-state index contributed by atoms with van der Waals surface area (Å²) < 4.78 is 35.1. The molecule has 0 saturated heterocycles. The minimum absolute atomic E-state index is 0.0518. The predicted octanol–water partition coefficient (Wildman–Crippen LogP) is 5.28. The van der Waals surface area contributed by atoms with E-state index in [1.165, 1.54) is 12.1 Å². The molecule has 0 radical (unpaired) electrons. The Balaban J connectivity index is 1.67. The number of esters is 1. The summed E-state index contributed by atoms with van der Waals surface area (Å²) in [6.07, 6.45) is 0. The fraction of sp³-hybridized carbons (Fsp3) is 0.130. The predicted molar refractivity (Wildman–Crippen MR) is 124 cm³/mol. The first-order valence-corrected chi connectivity index (χ1v) is 12.8. The molecule has 0 bridgehead atoms. The Hall–Kier alpha value is -2.75. The number of carbonyl (C=O) groups is 1. The molecule has 4 rings (SSSR count). The number of benzene rings is 3. The average Bonchev–Trinajstić information content (AvgIpc) is 2.78. The number of hydrogen-bond donors (Lipinski definition) is 0. The van der Waals surface area contributed by atoms with Gasteiger partial charge in [-0.05, 0) is 50.2 Å². The summed E-state index contributed by atoms with van der Waals surface area (Å²) in [5.74, 6) is -0.764. The molecule has 0 N–H and O–H groups in total. The third-order valence-corrected chi connectivity index (χ3v) is 8.18. The number of fused-ring (bicyclic) bond motifs is 2. The molecule has 1 heterocycles. The van der Waals surface area contributed by atoms with E-state index < -0.39 is 16.1 Å². The molecule has 0 unspecified atom stereocenters. The SMILES string of the molecule is CCOC(=O)/C(=N/OS(=O)(=O)c1ccc(C)cc1)c1ccc2c(c1)Sc1ccccc1S2. The lowest BCUT2D eigenvalue weighted by Crippen LogP contribution is -2.20. The van der Waals surface area contributed by atoms with Gasteiger partial charge in [-0.3, -0.25) is 4.28 Å². The molecule has 0 atom stereocenters. The third kappa shape index (κ3) is 4.85. The van der Waals surface area contributed by atoms with Crippen LogP contribution in [-0.2, 0) is 23.9 Å². The molecule has 0 spiro atoms. The average molecular weight is 486 g/mol. The summed E-state index contributed by atoms with van der Waals surface area (Å²) in [6.45, 7) is 3.63. The van der Waals surface area contributed by atoms with Crippen molar-refractivity contribution >= 4 is 45.3 Å². The van der Waals surface area contributed by atoms with E-state index in [4.69, 9.17) is 9.02 Å². The highest BCUT2D eigenvalue weighted by atomic mass is 32.2. The molecule has 164 valence electrons. The Kier molecular flexibility index (Phi) is 6.59. The van der Waals surface area contributed by atoms with Gasteiger partial charge in [0.2, 0.25) is 0 Å². The quantitative estimate of drug-likeness (QED) is 0.209. The van der Waals surface area contributed by atoms with Crippen LogP contribution in [0.25, 0.3) is 0 Å². The lowest BCUT2D eigenvalue weighted by Gasteiger charge is -2.18. The van der Waals surface area contributed by atoms with Gasteiger partial charge in [0, 0.05) is 25.1 Å². The maximum Gasteiger partial charge on any atom is 0.361 e. The largest absolute Gasteiger partial charge is 0.461 e. The number of ether oxygens (including phenoxy) is 1. The van der Waals surface area contributed by atoms with E-state index in [0.717, 1.165) is 25.1 Å². The van der Waals surface area contributed by atoms with Gasteiger partial charge in [0.25, 0.3) is 0 Å². The fourth-order valence-corrected chi connectivity index (χ4v) is 5.90. The lowest BCUT2D eigenvalue weighted by molar-refractivity contribution is -0.135. The zero-order valence-electron chi connectivity index (χ0n) is 17.3. The minimum atomic E-state index is -4.19. The highest BCUT2D eigenvalue weighted by Gasteiger charge is 2.23. The molecule has 0 aromatic heterocycles. The number of oxime groups is 1. The van der Waals surface area contributed by atoms with Gasteiger partial charge in [-0.25, -0.2) is 4.79 Å². The van der Waals surface area contributed by atoms with Crippen molar-refractivity contribution in [1.29, 1.82) is 0 Å². The summed E-state index contributed by atoms with van der Waals surface area (Å²) in [5, 5.41) is 3.71. The maximum absolute atomic E-state index is 12.6. The van der Waals surface area contributed by atoms with Crippen LogP contribution in [-0.4, -0.2) is 26.7 Å². The zero-order chi connectivity index (χ0) is 22.7. The summed E-state index contributed by atoms with van der Waals surface area (Å²) in [6, 6.07) is 19.6. The van der Waals surface area contributed by atoms with Gasteiger partial charge in [-0.1, -0.05) is 64.6 Å². The van der Waals surface area contributed by atoms with Crippen molar-refractivity contribution in [2.24, 2.45) is 5.16 Å². The van der Waals surface area contributed by atoms with Crippen molar-refractivity contribution in [2.45, 2.75) is 38.3 Å². The van der Waals surface area contributed by atoms with E-state index in [1.807, 2.05) is 31.2 Å². The van der Waals surface area contributed by atoms with Gasteiger partial charge in [0.1, 0.15) is 4.90 Å². The number of nitrogens with zero attached hydrogens (tertiary/aromatic N) is 1. The number of hydrogen-bond acceptors (Lipinski definition) is 8. The first-order chi connectivity index (χ1) is 15.4. The molecule has 9 heteroatoms. The van der Waals surface area contributed by atoms with Crippen LogP contribution in [0.2, 0.25) is 0 Å². The van der Waals surface area contributed by atoms with Gasteiger partial charge in [-0.15, -0.1) is 0 Å². The van der Waals surface area contributed by atoms with E-state index in [-0.39, 0.29) is 17.2 Å². The summed E-state index contributed by atoms with van der Waals surface area (Å²) in [7, 11) is -4.19. The number of aryl methyl sites for hydroxylation is 1. The minimum Gasteiger partial charge on any atom is -0.461 e. The maximum atomic E-state index is 12.6. The van der Waals surface area contributed by atoms with E-state index in [9.17, 15) is 13.2 Å². The van der Waals surface area contributed by atoms with Crippen molar-refractivity contribution in [3.05, 3.63) is 77.9 Å². The highest BCUT2D eigenvalue weighted by molar-refractivity contribution is 8.05. The number of rotatable bonds is 6. The summed E-state index contributed by atoms with van der Waals surface area (Å²) in [5.41, 5.74) is 1.11. The van der Waals surface area contributed by atoms with Crippen LogP contribution in [0.5, 0.6) is 0 Å². The van der Waals surface area contributed by atoms with Gasteiger partial charge < -0.3 is 4.74 Å². The molecule has 32 heavy (non-hydrogen) atoms. The smallest absolute Gasteiger partial charge is 0.361 e. The Morgan fingerprint density at radius 2 is 1.53 bits per heavy atom. The fourth-order valence-electron chi connectivity index (χ4n) is 2.92. The molecule has 0 saturated carbocycles. The van der Waals surface area contributed by atoms with E-state index in [1.54, 1.807) is 54.7 Å². The molecule has 6 nitrogen and oxygen atoms in total. The van der Waals surface area contributed by atoms with Crippen molar-refractivity contribution < 1.29 is 22.2 Å². The lowest BCUT2D eigenvalue weighted by atomic mass is 10.1. The zero-order valence-corrected chi connectivity index (χ0v) is 19.7. The molecule has 3 aromatic rings. The van der Waals surface area contributed by atoms with Crippen LogP contribution in [0.15, 0.2) is 96.4 Å². The second-order valence-electron chi connectivity index (χ2n) is 6.81. The first-order valence-electron chi connectivity index (χ1n) is 9.72. The van der Waals surface area contributed by atoms with Gasteiger partial charge in [0.05, 0.1) is 6.61 Å². The van der Waals surface area contributed by atoms with Crippen LogP contribution < -0.4 is 0 Å². The summed E-state index contributed by atoms with van der Waals surface area (Å²) in [4.78, 5) is 16.8. The molecular weight excluding hydrogens is 466 g/mol. The second kappa shape index (κ2) is 9.40. The normalized spacial score (nSPS) is 13.1. The van der Waals surface area contributed by atoms with Crippen molar-refractivity contribution in [3.8, 4) is 0 Å². The van der Waals surface area contributed by atoms with Crippen molar-refractivity contribution in [3.63, 3.8) is 0 Å². The molecular formula is C23H19NO5S3. The molecule has 1 aliphatic heterocycles. The van der Waals surface area contributed by atoms with Crippen LogP contribution in [0.4, 0.5) is 0 Å². The van der Waals surface area contributed by atoms with Crippen LogP contribution >= 0.6 is 23.5 Å². The topological polar surface area (TPSA) is 82.0 Å². The van der Waals surface area contributed by atoms with Crippen LogP contribution in [0.3, 0.4) is 0 Å². The van der Waals surface area contributed by atoms with E-state index in [2.05, 4.69) is 11.2 Å². The standard InChI is InChI=1S/C23H19NO5S3/c1-3-28-23(25)22(24-29-32(26,27)17-11-8-15(2)9-12-17)16-10-13-20-21(14-16)31-19-7-5-4-6-18(19)30-20/h4-14H,3H2,1-2H3/b24-22+. The van der Waals surface area contributed by atoms with Gasteiger partial charge in [-0.2, -0.15) is 8.42 Å². The molecule has 1 aliphatic rings. The molecule has 3 aromatic carbocycles. The Bertz CT molecular complexity index is 1300. The first kappa shape index (κ1) is 22.4. The van der Waals surface area contributed by atoms with Gasteiger partial charge >= 0.3 is 16.1 Å². The Morgan fingerprint density at radius 3 is 2.19 bits per heavy atom. The van der Waals surface area contributed by atoms with Crippen molar-refractivity contribution in [2.75, 3.05) is 6.61 Å². The Morgan fingerprint density at radius 1 is 0.906 bits per heavy atom. The molecule has 0 amide bonds. The van der Waals surface area contributed by atoms with Gasteiger partial charge in [0.15, 0.2) is 5.71 Å². The summed E-state index contributed by atoms with van der Waals surface area (Å²) >= 11 is 3.21. The Labute approximate surface area is 195 Å². The van der Waals surface area contributed by atoms with E-state index >= 15 is 0 Å². The highest BCUT2D eigenvalue weighted by Crippen LogP contribution is 2.48. The van der Waals surface area contributed by atoms with Crippen LogP contribution in [0.1, 0.15) is 18.1 Å². The van der Waals surface area contributed by atoms with Crippen LogP contribution in [0, 0.1) is 6.92 Å². The molecule has 0 fully saturated rings. The second-order valence-corrected chi connectivity index (χ2v) is 10.5. The van der Waals surface area contributed by atoms with E-state index in [0.29, 0.717) is 5.56 Å². The van der Waals surface area contributed by atoms with Crippen molar-refractivity contribution in [1.82, 2.24) is 0 Å². The third-order valence-electron chi connectivity index (χ3n) is 4.51. The number of carbonyl (C=O) groups excluding carboxylic acids is 1. The monoisotopic (exact) mass is 485 g/mol. The molecule has 0 aliphatic carbocycles.